The van der Waals surface area contributed by atoms with Crippen molar-refractivity contribution < 1.29 is 29.5 Å². The van der Waals surface area contributed by atoms with Gasteiger partial charge in [0, 0.05) is 6.61 Å². The molecule has 6 nitrogen and oxygen atoms in total. The van der Waals surface area contributed by atoms with Gasteiger partial charge in [0.05, 0.1) is 68.5 Å². The molecule has 24 heavy (non-hydrogen) atoms. The van der Waals surface area contributed by atoms with Crippen molar-refractivity contribution in [1.29, 1.82) is 0 Å². The van der Waals surface area contributed by atoms with Gasteiger partial charge >= 0.3 is 0 Å². The van der Waals surface area contributed by atoms with E-state index in [0.29, 0.717) is 19.6 Å². The number of aliphatic hydroxyl groups is 3. The van der Waals surface area contributed by atoms with Gasteiger partial charge in [0.25, 0.3) is 0 Å². The van der Waals surface area contributed by atoms with Gasteiger partial charge in [-0.25, -0.2) is 0 Å². The lowest BCUT2D eigenvalue weighted by molar-refractivity contribution is -0.0598. The van der Waals surface area contributed by atoms with Crippen molar-refractivity contribution in [2.24, 2.45) is 0 Å². The van der Waals surface area contributed by atoms with Gasteiger partial charge in [-0.15, -0.1) is 34.8 Å². The SMILES string of the molecule is OC(CCl)COCCCCC(COCC(O)CCl)OCC(O)CCl. The molecule has 0 amide bonds. The Hall–Kier alpha value is 0.630. The molecule has 0 saturated carbocycles. The van der Waals surface area contributed by atoms with E-state index in [-0.39, 0.29) is 43.6 Å². The highest BCUT2D eigenvalue weighted by Crippen LogP contribution is 2.08. The van der Waals surface area contributed by atoms with Crippen LogP contribution in [0.2, 0.25) is 0 Å². The molecule has 0 spiro atoms. The van der Waals surface area contributed by atoms with Crippen LogP contribution in [0.4, 0.5) is 0 Å². The molecule has 0 saturated heterocycles. The smallest absolute Gasteiger partial charge is 0.0908 e. The van der Waals surface area contributed by atoms with E-state index in [1.165, 1.54) is 0 Å². The van der Waals surface area contributed by atoms with Gasteiger partial charge in [-0.3, -0.25) is 0 Å². The van der Waals surface area contributed by atoms with Gasteiger partial charge in [-0.1, -0.05) is 0 Å². The summed E-state index contributed by atoms with van der Waals surface area (Å²) < 4.78 is 16.3. The summed E-state index contributed by atoms with van der Waals surface area (Å²) in [4.78, 5) is 0. The summed E-state index contributed by atoms with van der Waals surface area (Å²) in [5.74, 6) is 0.377. The Morgan fingerprint density at radius 3 is 1.79 bits per heavy atom. The van der Waals surface area contributed by atoms with E-state index in [0.717, 1.165) is 12.8 Å². The Kier molecular flexibility index (Phi) is 17.5. The highest BCUT2D eigenvalue weighted by molar-refractivity contribution is 6.18. The average molecular weight is 412 g/mol. The zero-order valence-corrected chi connectivity index (χ0v) is 16.1. The lowest BCUT2D eigenvalue weighted by Crippen LogP contribution is -2.28. The minimum atomic E-state index is -0.719. The van der Waals surface area contributed by atoms with Gasteiger partial charge in [0.1, 0.15) is 0 Å². The van der Waals surface area contributed by atoms with E-state index >= 15 is 0 Å². The largest absolute Gasteiger partial charge is 0.389 e. The van der Waals surface area contributed by atoms with Crippen molar-refractivity contribution in [3.8, 4) is 0 Å². The monoisotopic (exact) mass is 410 g/mol. The van der Waals surface area contributed by atoms with Crippen LogP contribution in [0, 0.1) is 0 Å². The predicted molar refractivity (Wildman–Crippen MR) is 95.4 cm³/mol. The minimum Gasteiger partial charge on any atom is -0.389 e. The van der Waals surface area contributed by atoms with Crippen molar-refractivity contribution in [3.63, 3.8) is 0 Å². The summed E-state index contributed by atoms with van der Waals surface area (Å²) in [6, 6.07) is 0. The first-order chi connectivity index (χ1) is 11.5. The third-order valence-electron chi connectivity index (χ3n) is 3.05. The van der Waals surface area contributed by atoms with Gasteiger partial charge in [0.2, 0.25) is 0 Å². The van der Waals surface area contributed by atoms with Gasteiger partial charge in [-0.05, 0) is 19.3 Å². The number of unbranched alkanes of at least 4 members (excludes halogenated alkanes) is 1. The van der Waals surface area contributed by atoms with Crippen LogP contribution in [0.3, 0.4) is 0 Å². The zero-order valence-electron chi connectivity index (χ0n) is 13.8. The summed E-state index contributed by atoms with van der Waals surface area (Å²) >= 11 is 16.5. The number of alkyl halides is 3. The molecule has 0 heterocycles. The summed E-state index contributed by atoms with van der Waals surface area (Å²) in [7, 11) is 0. The van der Waals surface area contributed by atoms with E-state index in [2.05, 4.69) is 0 Å². The molecule has 0 fully saturated rings. The Bertz CT molecular complexity index is 276. The molecule has 146 valence electrons. The molecule has 0 aliphatic carbocycles. The Balaban J connectivity index is 3.91. The van der Waals surface area contributed by atoms with E-state index in [1.54, 1.807) is 0 Å². The van der Waals surface area contributed by atoms with Gasteiger partial charge in [0.15, 0.2) is 0 Å². The molecular formula is C15H29Cl3O6. The van der Waals surface area contributed by atoms with E-state index in [9.17, 15) is 15.3 Å². The number of aliphatic hydroxyl groups excluding tert-OH is 3. The van der Waals surface area contributed by atoms with Crippen molar-refractivity contribution in [3.05, 3.63) is 0 Å². The molecule has 0 bridgehead atoms. The van der Waals surface area contributed by atoms with Crippen LogP contribution in [0.15, 0.2) is 0 Å². The number of halogens is 3. The molecule has 3 N–H and O–H groups in total. The molecular weight excluding hydrogens is 383 g/mol. The molecule has 0 radical (unpaired) electrons. The quantitative estimate of drug-likeness (QED) is 0.247. The first kappa shape index (κ1) is 24.6. The lowest BCUT2D eigenvalue weighted by Gasteiger charge is -2.20. The molecule has 4 unspecified atom stereocenters. The predicted octanol–water partition coefficient (Wildman–Crippen LogP) is 1.37. The van der Waals surface area contributed by atoms with Crippen LogP contribution in [0.1, 0.15) is 19.3 Å². The number of rotatable bonds is 17. The van der Waals surface area contributed by atoms with Crippen molar-refractivity contribution in [1.82, 2.24) is 0 Å². The van der Waals surface area contributed by atoms with Crippen molar-refractivity contribution >= 4 is 34.8 Å². The lowest BCUT2D eigenvalue weighted by atomic mass is 10.1. The normalized spacial score (nSPS) is 16.8. The molecule has 0 aliphatic heterocycles. The third-order valence-corrected chi connectivity index (χ3v) is 4.12. The number of ether oxygens (including phenoxy) is 3. The van der Waals surface area contributed by atoms with Crippen LogP contribution in [0.5, 0.6) is 0 Å². The first-order valence-corrected chi connectivity index (χ1v) is 9.63. The Labute approximate surface area is 158 Å². The molecule has 4 atom stereocenters. The average Bonchev–Trinajstić information content (AvgIpc) is 2.60. The van der Waals surface area contributed by atoms with Crippen molar-refractivity contribution in [2.45, 2.75) is 43.7 Å². The topological polar surface area (TPSA) is 88.4 Å². The van der Waals surface area contributed by atoms with Crippen LogP contribution >= 0.6 is 34.8 Å². The van der Waals surface area contributed by atoms with Crippen LogP contribution < -0.4 is 0 Å². The fourth-order valence-corrected chi connectivity index (χ4v) is 1.99. The standard InChI is InChI=1S/C15H29Cl3O6/c16-5-12(19)8-22-4-2-1-3-15(24-10-14(21)7-18)11-23-9-13(20)6-17/h12-15,19-21H,1-11H2. The molecule has 0 aromatic rings. The van der Waals surface area contributed by atoms with Gasteiger partial charge in [-0.2, -0.15) is 0 Å². The number of hydrogen-bond acceptors (Lipinski definition) is 6. The zero-order chi connectivity index (χ0) is 18.2. The fourth-order valence-electron chi connectivity index (χ4n) is 1.73. The minimum absolute atomic E-state index is 0.106. The summed E-state index contributed by atoms with van der Waals surface area (Å²) in [6.07, 6.45) is 0.0795. The number of hydrogen-bond donors (Lipinski definition) is 3. The van der Waals surface area contributed by atoms with Crippen LogP contribution in [0.25, 0.3) is 0 Å². The summed E-state index contributed by atoms with van der Waals surface area (Å²) in [5.41, 5.74) is 0. The van der Waals surface area contributed by atoms with Crippen molar-refractivity contribution in [2.75, 3.05) is 50.7 Å². The van der Waals surface area contributed by atoms with Crippen LogP contribution in [-0.4, -0.2) is 90.4 Å². The van der Waals surface area contributed by atoms with E-state index < -0.39 is 18.3 Å². The Morgan fingerprint density at radius 1 is 0.667 bits per heavy atom. The molecule has 0 aliphatic rings. The highest BCUT2D eigenvalue weighted by Gasteiger charge is 2.13. The van der Waals surface area contributed by atoms with Crippen LogP contribution in [-0.2, 0) is 14.2 Å². The maximum Gasteiger partial charge on any atom is 0.0908 e. The second-order valence-corrected chi connectivity index (χ2v) is 6.41. The maximum absolute atomic E-state index is 9.47. The molecule has 0 aromatic carbocycles. The highest BCUT2D eigenvalue weighted by atomic mass is 35.5. The Morgan fingerprint density at radius 2 is 1.21 bits per heavy atom. The summed E-state index contributed by atoms with van der Waals surface area (Å²) in [5, 5.41) is 28.1. The molecule has 0 rings (SSSR count). The fraction of sp³-hybridized carbons (Fsp3) is 1.00. The third kappa shape index (κ3) is 14.9. The maximum atomic E-state index is 9.47. The first-order valence-electron chi connectivity index (χ1n) is 8.02. The van der Waals surface area contributed by atoms with E-state index in [4.69, 9.17) is 49.0 Å². The second-order valence-electron chi connectivity index (χ2n) is 5.49. The second kappa shape index (κ2) is 17.1. The summed E-state index contributed by atoms with van der Waals surface area (Å²) in [6.45, 7) is 1.32. The van der Waals surface area contributed by atoms with E-state index in [1.807, 2.05) is 0 Å². The molecule has 0 aromatic heterocycles. The van der Waals surface area contributed by atoms with Gasteiger partial charge < -0.3 is 29.5 Å². The molecule has 9 heteroatoms.